The van der Waals surface area contributed by atoms with E-state index in [1.807, 2.05) is 6.20 Å². The fourth-order valence-electron chi connectivity index (χ4n) is 3.50. The van der Waals surface area contributed by atoms with E-state index >= 15 is 0 Å². The number of aromatic amines is 2. The zero-order chi connectivity index (χ0) is 17.1. The van der Waals surface area contributed by atoms with Gasteiger partial charge in [0.15, 0.2) is 0 Å². The Bertz CT molecular complexity index is 901. The zero-order valence-electron chi connectivity index (χ0n) is 14.1. The SMILES string of the molecule is O=c1cc(CC2COCCN(Cc3ccc4[nH]ccc4c3)C2)nc[nH]1. The number of fused-ring (bicyclic) bond motifs is 1. The topological polar surface area (TPSA) is 74.0 Å². The van der Waals surface area contributed by atoms with Gasteiger partial charge in [-0.1, -0.05) is 6.07 Å². The van der Waals surface area contributed by atoms with Gasteiger partial charge in [-0.3, -0.25) is 9.69 Å². The van der Waals surface area contributed by atoms with Crippen LogP contribution in [-0.4, -0.2) is 46.2 Å². The minimum atomic E-state index is -0.101. The normalized spacial score (nSPS) is 19.1. The summed E-state index contributed by atoms with van der Waals surface area (Å²) in [5, 5.41) is 1.24. The van der Waals surface area contributed by atoms with Crippen LogP contribution in [0.25, 0.3) is 10.9 Å². The molecule has 2 N–H and O–H groups in total. The van der Waals surface area contributed by atoms with Gasteiger partial charge < -0.3 is 14.7 Å². The van der Waals surface area contributed by atoms with Gasteiger partial charge in [0.1, 0.15) is 0 Å². The molecule has 1 aromatic carbocycles. The quantitative estimate of drug-likeness (QED) is 0.762. The molecule has 0 radical (unpaired) electrons. The monoisotopic (exact) mass is 338 g/mol. The van der Waals surface area contributed by atoms with Gasteiger partial charge in [0.05, 0.1) is 19.5 Å². The van der Waals surface area contributed by atoms with Crippen LogP contribution in [0, 0.1) is 5.92 Å². The lowest BCUT2D eigenvalue weighted by atomic mass is 10.0. The van der Waals surface area contributed by atoms with E-state index in [0.717, 1.165) is 38.4 Å². The van der Waals surface area contributed by atoms with E-state index in [4.69, 9.17) is 4.74 Å². The molecule has 1 aliphatic heterocycles. The predicted octanol–water partition coefficient (Wildman–Crippen LogP) is 1.94. The highest BCUT2D eigenvalue weighted by Gasteiger charge is 2.20. The third-order valence-corrected chi connectivity index (χ3v) is 4.68. The van der Waals surface area contributed by atoms with Gasteiger partial charge in [-0.25, -0.2) is 4.98 Å². The Morgan fingerprint density at radius 3 is 3.12 bits per heavy atom. The van der Waals surface area contributed by atoms with Crippen molar-refractivity contribution in [3.63, 3.8) is 0 Å². The minimum Gasteiger partial charge on any atom is -0.380 e. The summed E-state index contributed by atoms with van der Waals surface area (Å²) >= 11 is 0. The highest BCUT2D eigenvalue weighted by molar-refractivity contribution is 5.79. The van der Waals surface area contributed by atoms with Crippen molar-refractivity contribution in [2.75, 3.05) is 26.3 Å². The first-order valence-electron chi connectivity index (χ1n) is 8.66. The van der Waals surface area contributed by atoms with Crippen LogP contribution in [0.4, 0.5) is 0 Å². The number of benzene rings is 1. The van der Waals surface area contributed by atoms with Crippen molar-refractivity contribution in [2.24, 2.45) is 5.92 Å². The van der Waals surface area contributed by atoms with Crippen molar-refractivity contribution < 1.29 is 4.74 Å². The van der Waals surface area contributed by atoms with Crippen LogP contribution in [0.1, 0.15) is 11.3 Å². The Hall–Kier alpha value is -2.44. The number of rotatable bonds is 4. The lowest BCUT2D eigenvalue weighted by Crippen LogP contribution is -2.30. The second kappa shape index (κ2) is 7.21. The highest BCUT2D eigenvalue weighted by atomic mass is 16.5. The highest BCUT2D eigenvalue weighted by Crippen LogP contribution is 2.18. The molecule has 25 heavy (non-hydrogen) atoms. The van der Waals surface area contributed by atoms with Crippen LogP contribution in [0.2, 0.25) is 0 Å². The number of nitrogens with one attached hydrogen (secondary N) is 2. The lowest BCUT2D eigenvalue weighted by molar-refractivity contribution is 0.121. The number of hydrogen-bond acceptors (Lipinski definition) is 4. The molecular weight excluding hydrogens is 316 g/mol. The standard InChI is InChI=1S/C19H22N4O2/c24-19-9-17(21-13-22-19)8-15-11-23(5-6-25-12-15)10-14-1-2-18-16(7-14)3-4-20-18/h1-4,7,9,13,15,20H,5-6,8,10-12H2,(H,21,22,24). The molecule has 1 aliphatic rings. The third-order valence-electron chi connectivity index (χ3n) is 4.68. The van der Waals surface area contributed by atoms with Crippen LogP contribution in [0.3, 0.4) is 0 Å². The molecule has 1 atom stereocenters. The molecule has 3 heterocycles. The number of nitrogens with zero attached hydrogens (tertiary/aromatic N) is 2. The molecule has 0 saturated carbocycles. The molecule has 1 saturated heterocycles. The molecule has 1 fully saturated rings. The van der Waals surface area contributed by atoms with E-state index in [2.05, 4.69) is 44.1 Å². The molecule has 6 heteroatoms. The van der Waals surface area contributed by atoms with E-state index < -0.39 is 0 Å². The predicted molar refractivity (Wildman–Crippen MR) is 96.4 cm³/mol. The Labute approximate surface area is 145 Å². The van der Waals surface area contributed by atoms with Crippen molar-refractivity contribution in [3.05, 3.63) is 64.5 Å². The van der Waals surface area contributed by atoms with E-state index in [9.17, 15) is 4.79 Å². The van der Waals surface area contributed by atoms with Crippen LogP contribution in [0.15, 0.2) is 47.7 Å². The van der Waals surface area contributed by atoms with Crippen LogP contribution >= 0.6 is 0 Å². The molecule has 3 aromatic rings. The molecule has 1 unspecified atom stereocenters. The van der Waals surface area contributed by atoms with Gasteiger partial charge in [-0.2, -0.15) is 0 Å². The van der Waals surface area contributed by atoms with Gasteiger partial charge in [-0.15, -0.1) is 0 Å². The summed E-state index contributed by atoms with van der Waals surface area (Å²) in [4.78, 5) is 23.9. The van der Waals surface area contributed by atoms with Gasteiger partial charge in [-0.05, 0) is 35.6 Å². The number of ether oxygens (including phenoxy) is 1. The van der Waals surface area contributed by atoms with Crippen LogP contribution < -0.4 is 5.56 Å². The van der Waals surface area contributed by atoms with E-state index in [1.54, 1.807) is 6.07 Å². The third kappa shape index (κ3) is 3.97. The lowest BCUT2D eigenvalue weighted by Gasteiger charge is -2.23. The molecule has 0 spiro atoms. The summed E-state index contributed by atoms with van der Waals surface area (Å²) < 4.78 is 5.77. The van der Waals surface area contributed by atoms with Gasteiger partial charge in [0.25, 0.3) is 5.56 Å². The molecule has 130 valence electrons. The van der Waals surface area contributed by atoms with Crippen molar-refractivity contribution >= 4 is 10.9 Å². The molecular formula is C19H22N4O2. The smallest absolute Gasteiger partial charge is 0.250 e. The molecule has 4 rings (SSSR count). The second-order valence-corrected chi connectivity index (χ2v) is 6.68. The van der Waals surface area contributed by atoms with E-state index in [0.29, 0.717) is 12.5 Å². The van der Waals surface area contributed by atoms with Crippen molar-refractivity contribution in [1.29, 1.82) is 0 Å². The summed E-state index contributed by atoms with van der Waals surface area (Å²) in [5.41, 5.74) is 3.20. The van der Waals surface area contributed by atoms with E-state index in [1.165, 1.54) is 22.8 Å². The largest absolute Gasteiger partial charge is 0.380 e. The first kappa shape index (κ1) is 16.1. The maximum atomic E-state index is 11.5. The number of aromatic nitrogens is 3. The summed E-state index contributed by atoms with van der Waals surface area (Å²) in [7, 11) is 0. The first-order chi connectivity index (χ1) is 12.3. The summed E-state index contributed by atoms with van der Waals surface area (Å²) in [6.45, 7) is 4.22. The van der Waals surface area contributed by atoms with Gasteiger partial charge in [0, 0.05) is 49.0 Å². The average molecular weight is 338 g/mol. The summed E-state index contributed by atoms with van der Waals surface area (Å²) in [5.74, 6) is 0.341. The zero-order valence-corrected chi connectivity index (χ0v) is 14.1. The number of hydrogen-bond donors (Lipinski definition) is 2. The van der Waals surface area contributed by atoms with Crippen molar-refractivity contribution in [2.45, 2.75) is 13.0 Å². The Morgan fingerprint density at radius 1 is 1.24 bits per heavy atom. The number of H-pyrrole nitrogens is 2. The van der Waals surface area contributed by atoms with E-state index in [-0.39, 0.29) is 5.56 Å². The van der Waals surface area contributed by atoms with Crippen LogP contribution in [0.5, 0.6) is 0 Å². The maximum absolute atomic E-state index is 11.5. The van der Waals surface area contributed by atoms with Crippen molar-refractivity contribution in [1.82, 2.24) is 19.9 Å². The maximum Gasteiger partial charge on any atom is 0.250 e. The van der Waals surface area contributed by atoms with Crippen LogP contribution in [-0.2, 0) is 17.7 Å². The molecule has 2 aromatic heterocycles. The second-order valence-electron chi connectivity index (χ2n) is 6.68. The summed E-state index contributed by atoms with van der Waals surface area (Å²) in [6, 6.07) is 10.2. The van der Waals surface area contributed by atoms with Gasteiger partial charge in [0.2, 0.25) is 0 Å². The molecule has 0 bridgehead atoms. The summed E-state index contributed by atoms with van der Waals surface area (Å²) in [6.07, 6.45) is 4.20. The first-order valence-corrected chi connectivity index (χ1v) is 8.66. The Kier molecular flexibility index (Phi) is 4.63. The van der Waals surface area contributed by atoms with Crippen molar-refractivity contribution in [3.8, 4) is 0 Å². The molecule has 0 amide bonds. The minimum absolute atomic E-state index is 0.101. The Balaban J connectivity index is 1.44. The Morgan fingerprint density at radius 2 is 2.20 bits per heavy atom. The van der Waals surface area contributed by atoms with Gasteiger partial charge >= 0.3 is 0 Å². The average Bonchev–Trinajstić information content (AvgIpc) is 2.95. The fourth-order valence-corrected chi connectivity index (χ4v) is 3.50. The molecule has 0 aliphatic carbocycles. The fraction of sp³-hybridized carbons (Fsp3) is 0.368. The molecule has 6 nitrogen and oxygen atoms in total.